The van der Waals surface area contributed by atoms with Gasteiger partial charge in [-0.2, -0.15) is 0 Å². The lowest BCUT2D eigenvalue weighted by Crippen LogP contribution is -2.32. The van der Waals surface area contributed by atoms with Crippen molar-refractivity contribution in [1.82, 2.24) is 5.32 Å². The molecule has 0 saturated carbocycles. The number of hydrogen-bond donors (Lipinski definition) is 1. The van der Waals surface area contributed by atoms with Gasteiger partial charge < -0.3 is 19.5 Å². The van der Waals surface area contributed by atoms with E-state index in [1.54, 1.807) is 24.3 Å². The Kier molecular flexibility index (Phi) is 7.23. The van der Waals surface area contributed by atoms with E-state index in [0.29, 0.717) is 36.3 Å². The molecule has 2 aromatic rings. The molecule has 0 atom stereocenters. The molecular weight excluding hydrogens is 330 g/mol. The fourth-order valence-electron chi connectivity index (χ4n) is 1.91. The number of benzene rings is 2. The van der Waals surface area contributed by atoms with Gasteiger partial charge in [0, 0.05) is 11.1 Å². The van der Waals surface area contributed by atoms with Crippen molar-refractivity contribution in [2.24, 2.45) is 0 Å². The van der Waals surface area contributed by atoms with E-state index in [4.69, 9.17) is 25.8 Å². The number of rotatable bonds is 9. The summed E-state index contributed by atoms with van der Waals surface area (Å²) in [6.07, 6.45) is 0. The highest BCUT2D eigenvalue weighted by molar-refractivity contribution is 6.30. The van der Waals surface area contributed by atoms with Crippen molar-refractivity contribution in [3.63, 3.8) is 0 Å². The molecule has 2 rings (SSSR count). The second kappa shape index (κ2) is 9.67. The van der Waals surface area contributed by atoms with E-state index in [-0.39, 0.29) is 12.5 Å². The van der Waals surface area contributed by atoms with Gasteiger partial charge >= 0.3 is 0 Å². The third-order valence-corrected chi connectivity index (χ3v) is 3.25. The Morgan fingerprint density at radius 2 is 1.71 bits per heavy atom. The van der Waals surface area contributed by atoms with Gasteiger partial charge in [0.25, 0.3) is 5.91 Å². The molecule has 0 heterocycles. The van der Waals surface area contributed by atoms with Crippen LogP contribution < -0.4 is 19.5 Å². The third-order valence-electron chi connectivity index (χ3n) is 2.99. The van der Waals surface area contributed by atoms with E-state index >= 15 is 0 Å². The summed E-state index contributed by atoms with van der Waals surface area (Å²) < 4.78 is 16.3. The predicted octanol–water partition coefficient (Wildman–Crippen LogP) is 3.31. The zero-order valence-electron chi connectivity index (χ0n) is 13.5. The SMILES string of the molecule is CCOc1cccc(OCCNC(=O)COc2ccc(Cl)cc2)c1. The van der Waals surface area contributed by atoms with E-state index in [1.165, 1.54) is 0 Å². The van der Waals surface area contributed by atoms with Crippen LogP contribution in [-0.4, -0.2) is 32.3 Å². The second-order valence-corrected chi connectivity index (χ2v) is 5.29. The fraction of sp³-hybridized carbons (Fsp3) is 0.278. The van der Waals surface area contributed by atoms with Gasteiger partial charge in [-0.05, 0) is 43.3 Å². The molecule has 1 amide bonds. The van der Waals surface area contributed by atoms with E-state index in [0.717, 1.165) is 5.75 Å². The molecule has 0 fully saturated rings. The minimum atomic E-state index is -0.211. The molecule has 0 aliphatic heterocycles. The summed E-state index contributed by atoms with van der Waals surface area (Å²) in [7, 11) is 0. The molecule has 0 saturated heterocycles. The summed E-state index contributed by atoms with van der Waals surface area (Å²) in [6, 6.07) is 14.2. The van der Waals surface area contributed by atoms with Crippen LogP contribution in [0.1, 0.15) is 6.92 Å². The molecule has 5 nitrogen and oxygen atoms in total. The molecule has 0 unspecified atom stereocenters. The normalized spacial score (nSPS) is 10.1. The van der Waals surface area contributed by atoms with Gasteiger partial charge in [-0.1, -0.05) is 17.7 Å². The van der Waals surface area contributed by atoms with Crippen LogP contribution in [0.5, 0.6) is 17.2 Å². The van der Waals surface area contributed by atoms with Gasteiger partial charge in [0.1, 0.15) is 23.9 Å². The lowest BCUT2D eigenvalue weighted by molar-refractivity contribution is -0.123. The highest BCUT2D eigenvalue weighted by Gasteiger charge is 2.03. The van der Waals surface area contributed by atoms with Gasteiger partial charge in [-0.25, -0.2) is 0 Å². The number of carbonyl (C=O) groups is 1. The standard InChI is InChI=1S/C18H20ClNO4/c1-2-22-16-4-3-5-17(12-16)23-11-10-20-18(21)13-24-15-8-6-14(19)7-9-15/h3-9,12H,2,10-11,13H2,1H3,(H,20,21). The number of amides is 1. The Morgan fingerprint density at radius 1 is 1.00 bits per heavy atom. The molecule has 24 heavy (non-hydrogen) atoms. The van der Waals surface area contributed by atoms with E-state index in [9.17, 15) is 4.79 Å². The molecule has 0 aliphatic carbocycles. The average molecular weight is 350 g/mol. The maximum atomic E-state index is 11.7. The Balaban J connectivity index is 1.64. The summed E-state index contributed by atoms with van der Waals surface area (Å²) in [5, 5.41) is 3.35. The van der Waals surface area contributed by atoms with Crippen molar-refractivity contribution in [3.8, 4) is 17.2 Å². The predicted molar refractivity (Wildman–Crippen MR) is 93.1 cm³/mol. The third kappa shape index (κ3) is 6.38. The molecule has 0 spiro atoms. The molecule has 0 aliphatic rings. The van der Waals surface area contributed by atoms with Crippen LogP contribution in [0.2, 0.25) is 5.02 Å². The highest BCUT2D eigenvalue weighted by Crippen LogP contribution is 2.19. The number of ether oxygens (including phenoxy) is 3. The first-order valence-electron chi connectivity index (χ1n) is 7.68. The zero-order valence-corrected chi connectivity index (χ0v) is 14.2. The van der Waals surface area contributed by atoms with Crippen LogP contribution in [-0.2, 0) is 4.79 Å². The average Bonchev–Trinajstić information content (AvgIpc) is 2.59. The van der Waals surface area contributed by atoms with Crippen molar-refractivity contribution in [2.45, 2.75) is 6.92 Å². The molecular formula is C18H20ClNO4. The number of halogens is 1. The summed E-state index contributed by atoms with van der Waals surface area (Å²) in [6.45, 7) is 3.23. The van der Waals surface area contributed by atoms with E-state index in [1.807, 2.05) is 31.2 Å². The Hall–Kier alpha value is -2.40. The van der Waals surface area contributed by atoms with Gasteiger partial charge in [-0.3, -0.25) is 4.79 Å². The summed E-state index contributed by atoms with van der Waals surface area (Å²) in [4.78, 5) is 11.7. The smallest absolute Gasteiger partial charge is 0.258 e. The maximum Gasteiger partial charge on any atom is 0.258 e. The van der Waals surface area contributed by atoms with Crippen molar-refractivity contribution >= 4 is 17.5 Å². The zero-order chi connectivity index (χ0) is 17.2. The molecule has 0 radical (unpaired) electrons. The van der Waals surface area contributed by atoms with Crippen molar-refractivity contribution in [3.05, 3.63) is 53.6 Å². The highest BCUT2D eigenvalue weighted by atomic mass is 35.5. The van der Waals surface area contributed by atoms with Crippen LogP contribution in [0.15, 0.2) is 48.5 Å². The summed E-state index contributed by atoms with van der Waals surface area (Å²) in [5.41, 5.74) is 0. The second-order valence-electron chi connectivity index (χ2n) is 4.85. The number of nitrogens with one attached hydrogen (secondary N) is 1. The summed E-state index contributed by atoms with van der Waals surface area (Å²) >= 11 is 5.78. The van der Waals surface area contributed by atoms with Gasteiger partial charge in [0.2, 0.25) is 0 Å². The van der Waals surface area contributed by atoms with Gasteiger partial charge in [0.05, 0.1) is 13.2 Å². The van der Waals surface area contributed by atoms with Crippen LogP contribution in [0.4, 0.5) is 0 Å². The van der Waals surface area contributed by atoms with Crippen molar-refractivity contribution in [2.75, 3.05) is 26.4 Å². The van der Waals surface area contributed by atoms with Crippen LogP contribution >= 0.6 is 11.6 Å². The molecule has 6 heteroatoms. The maximum absolute atomic E-state index is 11.7. The Labute approximate surface area is 146 Å². The quantitative estimate of drug-likeness (QED) is 0.706. The molecule has 0 bridgehead atoms. The van der Waals surface area contributed by atoms with Crippen LogP contribution in [0, 0.1) is 0 Å². The minimum absolute atomic E-state index is 0.0541. The van der Waals surface area contributed by atoms with Crippen molar-refractivity contribution < 1.29 is 19.0 Å². The Bertz CT molecular complexity index is 646. The molecule has 1 N–H and O–H groups in total. The van der Waals surface area contributed by atoms with Crippen molar-refractivity contribution in [1.29, 1.82) is 0 Å². The molecule has 2 aromatic carbocycles. The van der Waals surface area contributed by atoms with E-state index in [2.05, 4.69) is 5.32 Å². The fourth-order valence-corrected chi connectivity index (χ4v) is 2.04. The minimum Gasteiger partial charge on any atom is -0.494 e. The first-order valence-corrected chi connectivity index (χ1v) is 8.06. The first kappa shape index (κ1) is 17.9. The monoisotopic (exact) mass is 349 g/mol. The largest absolute Gasteiger partial charge is 0.494 e. The van der Waals surface area contributed by atoms with E-state index < -0.39 is 0 Å². The van der Waals surface area contributed by atoms with Crippen LogP contribution in [0.25, 0.3) is 0 Å². The number of carbonyl (C=O) groups excluding carboxylic acids is 1. The van der Waals surface area contributed by atoms with Gasteiger partial charge in [0.15, 0.2) is 6.61 Å². The van der Waals surface area contributed by atoms with Gasteiger partial charge in [-0.15, -0.1) is 0 Å². The topological polar surface area (TPSA) is 56.8 Å². The van der Waals surface area contributed by atoms with Crippen LogP contribution in [0.3, 0.4) is 0 Å². The molecule has 0 aromatic heterocycles. The lowest BCUT2D eigenvalue weighted by atomic mass is 10.3. The Morgan fingerprint density at radius 3 is 2.42 bits per heavy atom. The molecule has 128 valence electrons. The number of hydrogen-bond acceptors (Lipinski definition) is 4. The summed E-state index contributed by atoms with van der Waals surface area (Å²) in [5.74, 6) is 1.85. The first-order chi connectivity index (χ1) is 11.7. The lowest BCUT2D eigenvalue weighted by Gasteiger charge is -2.10.